The van der Waals surface area contributed by atoms with E-state index in [1.54, 1.807) is 31.2 Å². The molecule has 0 heterocycles. The summed E-state index contributed by atoms with van der Waals surface area (Å²) in [6.45, 7) is 3.17. The second-order valence-corrected chi connectivity index (χ2v) is 6.25. The summed E-state index contributed by atoms with van der Waals surface area (Å²) in [5.74, 6) is 0.551. The van der Waals surface area contributed by atoms with E-state index in [0.29, 0.717) is 36.2 Å². The van der Waals surface area contributed by atoms with Crippen LogP contribution in [-0.4, -0.2) is 39.8 Å². The molecular formula is C12H18ClNO3S. The molecule has 0 atom stereocenters. The standard InChI is InChI=1S/C12H18ClNO3S/c1-2-18(15,16)12-6-4-3-5-11(12)14-8-10-17-9-7-13/h3-6,14H,2,7-10H2,1H3. The molecule has 6 heteroatoms. The average Bonchev–Trinajstić information content (AvgIpc) is 2.39. The van der Waals surface area contributed by atoms with E-state index in [2.05, 4.69) is 5.32 Å². The van der Waals surface area contributed by atoms with E-state index >= 15 is 0 Å². The second-order valence-electron chi connectivity index (χ2n) is 3.63. The van der Waals surface area contributed by atoms with Gasteiger partial charge in [0.15, 0.2) is 9.84 Å². The molecule has 0 aromatic heterocycles. The number of para-hydroxylation sites is 1. The van der Waals surface area contributed by atoms with Crippen molar-refractivity contribution in [3.63, 3.8) is 0 Å². The molecule has 0 saturated carbocycles. The first-order chi connectivity index (χ1) is 8.61. The first-order valence-corrected chi connectivity index (χ1v) is 8.00. The van der Waals surface area contributed by atoms with Crippen molar-refractivity contribution in [2.75, 3.05) is 36.7 Å². The zero-order chi connectivity index (χ0) is 13.4. The fourth-order valence-corrected chi connectivity index (χ4v) is 2.64. The van der Waals surface area contributed by atoms with Crippen LogP contribution in [0.1, 0.15) is 6.92 Å². The van der Waals surface area contributed by atoms with Crippen LogP contribution in [0.5, 0.6) is 0 Å². The molecule has 0 radical (unpaired) electrons. The molecule has 1 aromatic rings. The highest BCUT2D eigenvalue weighted by atomic mass is 35.5. The topological polar surface area (TPSA) is 55.4 Å². The molecule has 0 amide bonds. The number of hydrogen-bond acceptors (Lipinski definition) is 4. The minimum atomic E-state index is -3.20. The van der Waals surface area contributed by atoms with E-state index in [9.17, 15) is 8.42 Å². The molecule has 0 spiro atoms. The molecule has 18 heavy (non-hydrogen) atoms. The molecular weight excluding hydrogens is 274 g/mol. The summed E-state index contributed by atoms with van der Waals surface area (Å²) in [6.07, 6.45) is 0. The van der Waals surface area contributed by atoms with E-state index in [4.69, 9.17) is 16.3 Å². The maximum absolute atomic E-state index is 11.9. The number of nitrogens with one attached hydrogen (secondary N) is 1. The minimum absolute atomic E-state index is 0.0917. The molecule has 1 rings (SSSR count). The summed E-state index contributed by atoms with van der Waals surface area (Å²) < 4.78 is 28.9. The molecule has 0 bridgehead atoms. The lowest BCUT2D eigenvalue weighted by atomic mass is 10.3. The Morgan fingerprint density at radius 1 is 1.28 bits per heavy atom. The van der Waals surface area contributed by atoms with Gasteiger partial charge in [-0.3, -0.25) is 0 Å². The summed E-state index contributed by atoms with van der Waals surface area (Å²) in [6, 6.07) is 6.89. The third-order valence-electron chi connectivity index (χ3n) is 2.39. The van der Waals surface area contributed by atoms with E-state index in [0.717, 1.165) is 0 Å². The molecule has 1 N–H and O–H groups in total. The molecule has 1 aromatic carbocycles. The predicted molar refractivity (Wildman–Crippen MR) is 74.2 cm³/mol. The zero-order valence-electron chi connectivity index (χ0n) is 10.4. The summed E-state index contributed by atoms with van der Waals surface area (Å²) in [5, 5.41) is 3.07. The van der Waals surface area contributed by atoms with Crippen LogP contribution in [-0.2, 0) is 14.6 Å². The van der Waals surface area contributed by atoms with Gasteiger partial charge < -0.3 is 10.1 Å². The molecule has 0 aliphatic carbocycles. The van der Waals surface area contributed by atoms with Gasteiger partial charge in [0.05, 0.1) is 29.5 Å². The Kier molecular flexibility index (Phi) is 6.46. The Hall–Kier alpha value is -0.780. The van der Waals surface area contributed by atoms with Gasteiger partial charge in [0.25, 0.3) is 0 Å². The van der Waals surface area contributed by atoms with Gasteiger partial charge in [-0.05, 0) is 12.1 Å². The molecule has 4 nitrogen and oxygen atoms in total. The Bertz CT molecular complexity index is 462. The van der Waals surface area contributed by atoms with E-state index < -0.39 is 9.84 Å². The molecule has 0 unspecified atom stereocenters. The van der Waals surface area contributed by atoms with Crippen molar-refractivity contribution in [2.45, 2.75) is 11.8 Å². The highest BCUT2D eigenvalue weighted by molar-refractivity contribution is 7.91. The largest absolute Gasteiger partial charge is 0.382 e. The van der Waals surface area contributed by atoms with Gasteiger partial charge in [0.2, 0.25) is 0 Å². The summed E-state index contributed by atoms with van der Waals surface area (Å²) in [4.78, 5) is 0.338. The molecule has 0 fully saturated rings. The first kappa shape index (κ1) is 15.3. The van der Waals surface area contributed by atoms with Gasteiger partial charge >= 0.3 is 0 Å². The van der Waals surface area contributed by atoms with Crippen LogP contribution < -0.4 is 5.32 Å². The van der Waals surface area contributed by atoms with Gasteiger partial charge in [-0.15, -0.1) is 11.6 Å². The number of benzene rings is 1. The van der Waals surface area contributed by atoms with Crippen LogP contribution in [0.2, 0.25) is 0 Å². The Balaban J connectivity index is 2.66. The van der Waals surface area contributed by atoms with Crippen molar-refractivity contribution < 1.29 is 13.2 Å². The third kappa shape index (κ3) is 4.48. The third-order valence-corrected chi connectivity index (χ3v) is 4.33. The summed E-state index contributed by atoms with van der Waals surface area (Å²) >= 11 is 5.48. The van der Waals surface area contributed by atoms with Gasteiger partial charge in [-0.25, -0.2) is 8.42 Å². The quantitative estimate of drug-likeness (QED) is 0.589. The number of alkyl halides is 1. The van der Waals surface area contributed by atoms with Crippen molar-refractivity contribution in [1.82, 2.24) is 0 Å². The SMILES string of the molecule is CCS(=O)(=O)c1ccccc1NCCOCCCl. The van der Waals surface area contributed by atoms with E-state index in [-0.39, 0.29) is 5.75 Å². The normalized spacial score (nSPS) is 11.4. The molecule has 0 aliphatic heterocycles. The van der Waals surface area contributed by atoms with E-state index in [1.165, 1.54) is 0 Å². The molecule has 0 aliphatic rings. The van der Waals surface area contributed by atoms with Crippen molar-refractivity contribution in [2.24, 2.45) is 0 Å². The predicted octanol–water partition coefficient (Wildman–Crippen LogP) is 2.15. The number of sulfone groups is 1. The molecule has 102 valence electrons. The van der Waals surface area contributed by atoms with Gasteiger partial charge in [0.1, 0.15) is 0 Å². The van der Waals surface area contributed by atoms with Crippen LogP contribution >= 0.6 is 11.6 Å². The highest BCUT2D eigenvalue weighted by Crippen LogP contribution is 2.21. The lowest BCUT2D eigenvalue weighted by Gasteiger charge is -2.11. The van der Waals surface area contributed by atoms with Crippen molar-refractivity contribution in [3.8, 4) is 0 Å². The van der Waals surface area contributed by atoms with Crippen LogP contribution in [0, 0.1) is 0 Å². The maximum Gasteiger partial charge on any atom is 0.180 e. The Morgan fingerprint density at radius 3 is 2.67 bits per heavy atom. The average molecular weight is 292 g/mol. The van der Waals surface area contributed by atoms with Gasteiger partial charge in [-0.2, -0.15) is 0 Å². The summed E-state index contributed by atoms with van der Waals surface area (Å²) in [5.41, 5.74) is 0.619. The first-order valence-electron chi connectivity index (χ1n) is 5.81. The van der Waals surface area contributed by atoms with E-state index in [1.807, 2.05) is 0 Å². The summed E-state index contributed by atoms with van der Waals surface area (Å²) in [7, 11) is -3.20. The van der Waals surface area contributed by atoms with Crippen molar-refractivity contribution >= 4 is 27.1 Å². The number of halogens is 1. The fourth-order valence-electron chi connectivity index (χ4n) is 1.45. The number of ether oxygens (including phenoxy) is 1. The lowest BCUT2D eigenvalue weighted by Crippen LogP contribution is -2.13. The van der Waals surface area contributed by atoms with Crippen molar-refractivity contribution in [3.05, 3.63) is 24.3 Å². The molecule has 0 saturated heterocycles. The maximum atomic E-state index is 11.9. The van der Waals surface area contributed by atoms with Crippen molar-refractivity contribution in [1.29, 1.82) is 0 Å². The second kappa shape index (κ2) is 7.61. The fraction of sp³-hybridized carbons (Fsp3) is 0.500. The number of rotatable bonds is 8. The van der Waals surface area contributed by atoms with Gasteiger partial charge in [-0.1, -0.05) is 19.1 Å². The Morgan fingerprint density at radius 2 is 2.00 bits per heavy atom. The number of hydrogen-bond donors (Lipinski definition) is 1. The number of anilines is 1. The minimum Gasteiger partial charge on any atom is -0.382 e. The Labute approximate surface area is 113 Å². The van der Waals surface area contributed by atoms with Crippen LogP contribution in [0.4, 0.5) is 5.69 Å². The highest BCUT2D eigenvalue weighted by Gasteiger charge is 2.15. The zero-order valence-corrected chi connectivity index (χ0v) is 11.9. The van der Waals surface area contributed by atoms with Crippen LogP contribution in [0.25, 0.3) is 0 Å². The monoisotopic (exact) mass is 291 g/mol. The van der Waals surface area contributed by atoms with Crippen LogP contribution in [0.3, 0.4) is 0 Å². The van der Waals surface area contributed by atoms with Gasteiger partial charge in [0, 0.05) is 12.4 Å². The lowest BCUT2D eigenvalue weighted by molar-refractivity contribution is 0.160. The van der Waals surface area contributed by atoms with Crippen LogP contribution in [0.15, 0.2) is 29.2 Å². The smallest absolute Gasteiger partial charge is 0.180 e.